The van der Waals surface area contributed by atoms with E-state index in [9.17, 15) is 13.2 Å². The van der Waals surface area contributed by atoms with Gasteiger partial charge in [0.2, 0.25) is 5.95 Å². The van der Waals surface area contributed by atoms with Crippen LogP contribution in [0.2, 0.25) is 5.02 Å². The molecule has 0 radical (unpaired) electrons. The molecular weight excluding hydrogens is 628 g/mol. The first-order valence-corrected chi connectivity index (χ1v) is 17.6. The van der Waals surface area contributed by atoms with Crippen LogP contribution >= 0.6 is 23.4 Å². The molecule has 2 N–H and O–H groups in total. The summed E-state index contributed by atoms with van der Waals surface area (Å²) in [5.74, 6) is 1.33. The Kier molecular flexibility index (Phi) is 7.81. The number of benzene rings is 3. The molecule has 0 spiro atoms. The number of para-hydroxylation sites is 1. The van der Waals surface area contributed by atoms with Gasteiger partial charge in [-0.15, -0.1) is 0 Å². The third kappa shape index (κ3) is 5.48. The first-order chi connectivity index (χ1) is 21.7. The molecule has 12 heteroatoms. The highest BCUT2D eigenvalue weighted by molar-refractivity contribution is 7.99. The number of hydrogen-bond donors (Lipinski definition) is 2. The summed E-state index contributed by atoms with van der Waals surface area (Å²) in [7, 11) is -2.49. The molecule has 0 amide bonds. The average Bonchev–Trinajstić information content (AvgIpc) is 3.04. The van der Waals surface area contributed by atoms with E-state index in [0.29, 0.717) is 26.9 Å². The molecule has 230 valence electrons. The second kappa shape index (κ2) is 11.8. The van der Waals surface area contributed by atoms with Gasteiger partial charge in [-0.3, -0.25) is 13.7 Å². The average molecular weight is 659 g/mol. The van der Waals surface area contributed by atoms with E-state index in [1.165, 1.54) is 21.5 Å². The van der Waals surface area contributed by atoms with Crippen molar-refractivity contribution >= 4 is 61.7 Å². The van der Waals surface area contributed by atoms with Gasteiger partial charge in [-0.2, -0.15) is 16.7 Å². The van der Waals surface area contributed by atoms with Gasteiger partial charge in [-0.1, -0.05) is 54.1 Å². The summed E-state index contributed by atoms with van der Waals surface area (Å²) in [5, 5.41) is 6.76. The van der Waals surface area contributed by atoms with Crippen LogP contribution in [0.15, 0.2) is 83.8 Å². The molecule has 2 aliphatic heterocycles. The van der Waals surface area contributed by atoms with Gasteiger partial charge in [0.25, 0.3) is 15.6 Å². The van der Waals surface area contributed by atoms with Crippen LogP contribution in [-0.4, -0.2) is 48.8 Å². The van der Waals surface area contributed by atoms with Crippen molar-refractivity contribution in [1.82, 2.24) is 19.9 Å². The molecule has 5 aromatic rings. The van der Waals surface area contributed by atoms with Crippen LogP contribution in [0.25, 0.3) is 22.2 Å². The molecule has 0 saturated carbocycles. The smallest absolute Gasteiger partial charge is 0.261 e. The van der Waals surface area contributed by atoms with E-state index in [4.69, 9.17) is 16.6 Å². The van der Waals surface area contributed by atoms with Gasteiger partial charge in [0.05, 0.1) is 5.69 Å². The lowest BCUT2D eigenvalue weighted by atomic mass is 10.0. The molecule has 9 nitrogen and oxygen atoms in total. The lowest BCUT2D eigenvalue weighted by Gasteiger charge is -2.34. The number of aryl methyl sites for hydroxylation is 1. The van der Waals surface area contributed by atoms with Gasteiger partial charge in [-0.25, -0.2) is 13.4 Å². The van der Waals surface area contributed by atoms with Gasteiger partial charge >= 0.3 is 0 Å². The number of nitrogens with one attached hydrogen (secondary N) is 2. The number of aromatic nitrogens is 3. The number of halogens is 1. The molecule has 2 aliphatic rings. The van der Waals surface area contributed by atoms with Gasteiger partial charge < -0.3 is 10.6 Å². The Hall–Kier alpha value is -3.90. The number of thioether (sulfide) groups is 1. The van der Waals surface area contributed by atoms with E-state index in [1.807, 2.05) is 49.0 Å². The first kappa shape index (κ1) is 29.8. The topological polar surface area (TPSA) is 109 Å². The molecule has 45 heavy (non-hydrogen) atoms. The number of anilines is 3. The van der Waals surface area contributed by atoms with Crippen LogP contribution in [0.4, 0.5) is 17.3 Å². The summed E-state index contributed by atoms with van der Waals surface area (Å²) < 4.78 is 30.6. The van der Waals surface area contributed by atoms with E-state index in [-0.39, 0.29) is 23.6 Å². The maximum Gasteiger partial charge on any atom is 0.261 e. The van der Waals surface area contributed by atoms with Crippen molar-refractivity contribution in [1.29, 1.82) is 0 Å². The quantitative estimate of drug-likeness (QED) is 0.235. The second-order valence-electron chi connectivity index (χ2n) is 11.3. The summed E-state index contributed by atoms with van der Waals surface area (Å²) in [4.78, 5) is 23.7. The Bertz CT molecular complexity index is 2100. The van der Waals surface area contributed by atoms with Crippen molar-refractivity contribution in [3.05, 3.63) is 111 Å². The number of fused-ring (bicyclic) bond motifs is 2. The van der Waals surface area contributed by atoms with Crippen LogP contribution in [0.3, 0.4) is 0 Å². The highest BCUT2D eigenvalue weighted by atomic mass is 35.5. The summed E-state index contributed by atoms with van der Waals surface area (Å²) >= 11 is 8.57. The molecule has 2 aromatic heterocycles. The SMILES string of the molecule is Cc1ccc(-c2cc3cnc(Nc4ccc(C5CNCCS5)cc4)nc3n(C3Cc4ccccc4N(C)S3(=O)=O)c2=O)c(Cl)c1. The van der Waals surface area contributed by atoms with Gasteiger partial charge in [0.1, 0.15) is 5.65 Å². The molecule has 0 aliphatic carbocycles. The van der Waals surface area contributed by atoms with E-state index in [0.717, 1.165) is 35.7 Å². The van der Waals surface area contributed by atoms with Gasteiger partial charge in [-0.05, 0) is 53.9 Å². The predicted octanol–water partition coefficient (Wildman–Crippen LogP) is 6.06. The van der Waals surface area contributed by atoms with Crippen molar-refractivity contribution in [2.24, 2.45) is 0 Å². The highest BCUT2D eigenvalue weighted by Crippen LogP contribution is 2.38. The van der Waals surface area contributed by atoms with E-state index in [1.54, 1.807) is 36.5 Å². The second-order valence-corrected chi connectivity index (χ2v) is 15.1. The monoisotopic (exact) mass is 658 g/mol. The maximum atomic E-state index is 14.4. The van der Waals surface area contributed by atoms with E-state index < -0.39 is 21.0 Å². The van der Waals surface area contributed by atoms with Crippen molar-refractivity contribution in [2.45, 2.75) is 24.0 Å². The molecular formula is C33H31ClN6O3S2. The summed E-state index contributed by atoms with van der Waals surface area (Å²) in [5.41, 5.74) is 4.87. The standard InChI is InChI=1S/C33H31ClN6O3S2/c1-20-7-12-25(27(34)15-20)26-16-23-18-36-33(37-24-10-8-21(9-11-24)29-19-35-13-14-44-29)38-31(23)40(32(26)41)30-17-22-5-3-4-6-28(22)39(2)45(30,42)43/h3-12,15-16,18,29-30,35H,13-14,17,19H2,1-2H3,(H,36,37,38). The van der Waals surface area contributed by atoms with E-state index in [2.05, 4.69) is 27.8 Å². The number of pyridine rings is 1. The Morgan fingerprint density at radius 2 is 1.84 bits per heavy atom. The molecule has 3 aromatic carbocycles. The van der Waals surface area contributed by atoms with Gasteiger partial charge in [0.15, 0.2) is 5.37 Å². The first-order valence-electron chi connectivity index (χ1n) is 14.6. The van der Waals surface area contributed by atoms with Crippen molar-refractivity contribution in [3.63, 3.8) is 0 Å². The van der Waals surface area contributed by atoms with Gasteiger partial charge in [0, 0.05) is 71.0 Å². The third-order valence-corrected chi connectivity index (χ3v) is 12.0. The largest absolute Gasteiger partial charge is 0.324 e. The normalized spacial score (nSPS) is 19.3. The molecule has 0 bridgehead atoms. The van der Waals surface area contributed by atoms with Crippen LogP contribution in [0.1, 0.15) is 27.3 Å². The summed E-state index contributed by atoms with van der Waals surface area (Å²) in [6, 6.07) is 22.6. The lowest BCUT2D eigenvalue weighted by molar-refractivity contribution is 0.535. The van der Waals surface area contributed by atoms with Crippen molar-refractivity contribution in [3.8, 4) is 11.1 Å². The molecule has 2 unspecified atom stereocenters. The molecule has 2 atom stereocenters. The Morgan fingerprint density at radius 3 is 2.60 bits per heavy atom. The van der Waals surface area contributed by atoms with Crippen molar-refractivity contribution in [2.75, 3.05) is 35.5 Å². The highest BCUT2D eigenvalue weighted by Gasteiger charge is 2.39. The number of sulfonamides is 1. The minimum atomic E-state index is -4.01. The minimum absolute atomic E-state index is 0.102. The lowest BCUT2D eigenvalue weighted by Crippen LogP contribution is -2.43. The Morgan fingerprint density at radius 1 is 1.04 bits per heavy atom. The van der Waals surface area contributed by atoms with Crippen molar-refractivity contribution < 1.29 is 8.42 Å². The fourth-order valence-electron chi connectivity index (χ4n) is 6.00. The zero-order valence-electron chi connectivity index (χ0n) is 24.7. The number of nitrogens with zero attached hydrogens (tertiary/aromatic N) is 4. The molecule has 7 rings (SSSR count). The zero-order valence-corrected chi connectivity index (χ0v) is 27.1. The third-order valence-electron chi connectivity index (χ3n) is 8.39. The van der Waals surface area contributed by atoms with Crippen LogP contribution < -0.4 is 20.5 Å². The summed E-state index contributed by atoms with van der Waals surface area (Å²) in [6.07, 6.45) is 1.71. The maximum absolute atomic E-state index is 14.4. The fraction of sp³-hybridized carbons (Fsp3) is 0.242. The summed E-state index contributed by atoms with van der Waals surface area (Å²) in [6.45, 7) is 3.87. The Labute approximate surface area is 270 Å². The fourth-order valence-corrected chi connectivity index (χ4v) is 9.14. The molecule has 1 fully saturated rings. The van der Waals surface area contributed by atoms with Crippen LogP contribution in [-0.2, 0) is 16.4 Å². The zero-order chi connectivity index (χ0) is 31.3. The molecule has 1 saturated heterocycles. The van der Waals surface area contributed by atoms with Crippen LogP contribution in [0, 0.1) is 6.92 Å². The number of hydrogen-bond acceptors (Lipinski definition) is 8. The van der Waals surface area contributed by atoms with Crippen LogP contribution in [0.5, 0.6) is 0 Å². The minimum Gasteiger partial charge on any atom is -0.324 e. The number of rotatable bonds is 5. The van der Waals surface area contributed by atoms with E-state index >= 15 is 0 Å². The molecule has 4 heterocycles. The predicted molar refractivity (Wildman–Crippen MR) is 183 cm³/mol. The Balaban J connectivity index is 1.36.